The summed E-state index contributed by atoms with van der Waals surface area (Å²) in [5.41, 5.74) is 4.54. The first-order chi connectivity index (χ1) is 17.7. The number of carboxylic acid groups (broad SMARTS) is 1. The smallest absolute Gasteiger partial charge is 0.335 e. The number of hydrogen-bond donors (Lipinski definition) is 2. The maximum absolute atomic E-state index is 13.4. The molecular weight excluding hydrogens is 508 g/mol. The molecule has 1 aliphatic heterocycles. The van der Waals surface area contributed by atoms with Crippen LogP contribution in [-0.4, -0.2) is 32.6 Å². The van der Waals surface area contributed by atoms with Crippen LogP contribution < -0.4 is 10.2 Å². The van der Waals surface area contributed by atoms with Gasteiger partial charge in [-0.25, -0.2) is 4.79 Å². The molecule has 2 aliphatic rings. The van der Waals surface area contributed by atoms with Crippen LogP contribution in [0.1, 0.15) is 56.2 Å². The van der Waals surface area contributed by atoms with E-state index in [1.54, 1.807) is 11.3 Å². The summed E-state index contributed by atoms with van der Waals surface area (Å²) in [5, 5.41) is 22.4. The molecule has 5 rings (SSSR count). The van der Waals surface area contributed by atoms with Crippen LogP contribution in [0.4, 0.5) is 5.69 Å². The SMILES string of the molecule is Cc1cc(/C=C2\C(=O)NC(=S)N(c3ccc(C(=O)O)cc3)C2=O)c(C)n1-c1sc2c(c1C#N)CCCC2. The number of benzene rings is 1. The van der Waals surface area contributed by atoms with E-state index in [1.807, 2.05) is 24.5 Å². The Hall–Kier alpha value is -4.07. The molecule has 2 amide bonds. The first-order valence-corrected chi connectivity index (χ1v) is 12.9. The molecule has 3 heterocycles. The van der Waals surface area contributed by atoms with Gasteiger partial charge in [-0.1, -0.05) is 0 Å². The van der Waals surface area contributed by atoms with Crippen molar-refractivity contribution in [3.05, 3.63) is 74.4 Å². The second-order valence-electron chi connectivity index (χ2n) is 8.97. The average Bonchev–Trinajstić information content (AvgIpc) is 3.37. The number of carbonyl (C=O) groups excluding carboxylic acids is 2. The quantitative estimate of drug-likeness (QED) is 0.293. The van der Waals surface area contributed by atoms with Gasteiger partial charge in [-0.3, -0.25) is 19.8 Å². The molecule has 10 heteroatoms. The topological polar surface area (TPSA) is 115 Å². The van der Waals surface area contributed by atoms with Gasteiger partial charge in [0.2, 0.25) is 0 Å². The standard InChI is InChI=1S/C27H22N4O4S2/c1-14-11-17(15(2)30(14)25-21(13-28)19-5-3-4-6-22(19)37-25)12-20-23(32)29-27(36)31(24(20)33)18-9-7-16(8-10-18)26(34)35/h7-12H,3-6H2,1-2H3,(H,34,35)(H,29,32,36)/b20-12+. The van der Waals surface area contributed by atoms with Crippen LogP contribution >= 0.6 is 23.6 Å². The predicted molar refractivity (Wildman–Crippen MR) is 144 cm³/mol. The van der Waals surface area contributed by atoms with E-state index in [2.05, 4.69) is 11.4 Å². The number of thiocarbonyl (C=S) groups is 1. The molecule has 0 saturated carbocycles. The highest BCUT2D eigenvalue weighted by atomic mass is 32.1. The highest BCUT2D eigenvalue weighted by Gasteiger charge is 2.35. The van der Waals surface area contributed by atoms with Crippen molar-refractivity contribution in [2.24, 2.45) is 0 Å². The molecule has 0 bridgehead atoms. The van der Waals surface area contributed by atoms with Gasteiger partial charge in [-0.15, -0.1) is 11.3 Å². The van der Waals surface area contributed by atoms with Crippen molar-refractivity contribution in [3.63, 3.8) is 0 Å². The molecule has 2 N–H and O–H groups in total. The van der Waals surface area contributed by atoms with E-state index in [4.69, 9.17) is 17.3 Å². The number of hydrogen-bond acceptors (Lipinski definition) is 6. The van der Waals surface area contributed by atoms with Crippen LogP contribution in [0.25, 0.3) is 11.1 Å². The van der Waals surface area contributed by atoms with Crippen molar-refractivity contribution in [2.45, 2.75) is 39.5 Å². The number of thiophene rings is 1. The van der Waals surface area contributed by atoms with Gasteiger partial charge in [0.05, 0.1) is 16.8 Å². The van der Waals surface area contributed by atoms with Crippen LogP contribution in [0, 0.1) is 25.2 Å². The third kappa shape index (κ3) is 4.16. The number of aromatic carboxylic acids is 1. The zero-order chi connectivity index (χ0) is 26.4. The lowest BCUT2D eigenvalue weighted by atomic mass is 9.96. The Bertz CT molecular complexity index is 1570. The van der Waals surface area contributed by atoms with E-state index in [1.165, 1.54) is 40.1 Å². The van der Waals surface area contributed by atoms with Crippen molar-refractivity contribution in [2.75, 3.05) is 4.90 Å². The molecule has 1 aromatic carbocycles. The van der Waals surface area contributed by atoms with Gasteiger partial charge in [-0.05, 0) is 99.3 Å². The Morgan fingerprint density at radius 3 is 2.57 bits per heavy atom. The molecule has 37 heavy (non-hydrogen) atoms. The number of nitriles is 1. The molecule has 1 aliphatic carbocycles. The zero-order valence-corrected chi connectivity index (χ0v) is 21.8. The summed E-state index contributed by atoms with van der Waals surface area (Å²) < 4.78 is 2.02. The minimum Gasteiger partial charge on any atom is -0.478 e. The molecule has 8 nitrogen and oxygen atoms in total. The third-order valence-corrected chi connectivity index (χ3v) is 8.27. The van der Waals surface area contributed by atoms with Crippen molar-refractivity contribution < 1.29 is 19.5 Å². The minimum absolute atomic E-state index is 0.0679. The molecule has 0 spiro atoms. The fraction of sp³-hybridized carbons (Fsp3) is 0.222. The van der Waals surface area contributed by atoms with E-state index in [0.717, 1.165) is 47.6 Å². The number of anilines is 1. The summed E-state index contributed by atoms with van der Waals surface area (Å²) in [6.07, 6.45) is 5.61. The molecule has 1 fully saturated rings. The number of carbonyl (C=O) groups is 3. The number of nitrogens with zero attached hydrogens (tertiary/aromatic N) is 3. The Kier molecular flexibility index (Phi) is 6.27. The predicted octanol–water partition coefficient (Wildman–Crippen LogP) is 4.44. The molecule has 2 aromatic heterocycles. The molecule has 3 aromatic rings. The van der Waals surface area contributed by atoms with E-state index in [9.17, 15) is 19.6 Å². The lowest BCUT2D eigenvalue weighted by Crippen LogP contribution is -2.54. The Morgan fingerprint density at radius 2 is 1.89 bits per heavy atom. The van der Waals surface area contributed by atoms with Crippen molar-refractivity contribution in [3.8, 4) is 11.1 Å². The van der Waals surface area contributed by atoms with Gasteiger partial charge in [0.1, 0.15) is 16.6 Å². The van der Waals surface area contributed by atoms with Gasteiger partial charge in [0, 0.05) is 16.3 Å². The highest BCUT2D eigenvalue weighted by molar-refractivity contribution is 7.80. The summed E-state index contributed by atoms with van der Waals surface area (Å²) >= 11 is 6.88. The first kappa shape index (κ1) is 24.6. The number of aromatic nitrogens is 1. The monoisotopic (exact) mass is 530 g/mol. The van der Waals surface area contributed by atoms with E-state index < -0.39 is 17.8 Å². The molecular formula is C27H22N4O4S2. The van der Waals surface area contributed by atoms with E-state index in [0.29, 0.717) is 16.8 Å². The normalized spacial score (nSPS) is 16.5. The zero-order valence-electron chi connectivity index (χ0n) is 20.1. The second-order valence-corrected chi connectivity index (χ2v) is 10.4. The minimum atomic E-state index is -1.09. The van der Waals surface area contributed by atoms with E-state index in [-0.39, 0.29) is 16.2 Å². The molecule has 0 atom stereocenters. The third-order valence-electron chi connectivity index (χ3n) is 6.71. The Labute approximate surface area is 222 Å². The van der Waals surface area contributed by atoms with Gasteiger partial charge >= 0.3 is 5.97 Å². The van der Waals surface area contributed by atoms with Gasteiger partial charge in [0.25, 0.3) is 11.8 Å². The number of aryl methyl sites for hydroxylation is 2. The number of rotatable bonds is 4. The second kappa shape index (κ2) is 9.42. The summed E-state index contributed by atoms with van der Waals surface area (Å²) in [5.74, 6) is -2.30. The summed E-state index contributed by atoms with van der Waals surface area (Å²) in [7, 11) is 0. The molecule has 1 saturated heterocycles. The van der Waals surface area contributed by atoms with Crippen LogP contribution in [0.5, 0.6) is 0 Å². The molecule has 0 unspecified atom stereocenters. The van der Waals surface area contributed by atoms with Crippen molar-refractivity contribution >= 4 is 58.2 Å². The maximum atomic E-state index is 13.4. The largest absolute Gasteiger partial charge is 0.478 e. The molecule has 0 radical (unpaired) electrons. The lowest BCUT2D eigenvalue weighted by Gasteiger charge is -2.29. The van der Waals surface area contributed by atoms with Gasteiger partial charge in [-0.2, -0.15) is 5.26 Å². The Morgan fingerprint density at radius 1 is 1.19 bits per heavy atom. The van der Waals surface area contributed by atoms with Gasteiger partial charge < -0.3 is 9.67 Å². The average molecular weight is 531 g/mol. The van der Waals surface area contributed by atoms with Gasteiger partial charge in [0.15, 0.2) is 5.11 Å². The fourth-order valence-corrected chi connectivity index (χ4v) is 6.60. The summed E-state index contributed by atoms with van der Waals surface area (Å²) in [6, 6.07) is 9.97. The first-order valence-electron chi connectivity index (χ1n) is 11.7. The number of fused-ring (bicyclic) bond motifs is 1. The highest BCUT2D eigenvalue weighted by Crippen LogP contribution is 2.38. The number of amides is 2. The van der Waals surface area contributed by atoms with Crippen LogP contribution in [0.3, 0.4) is 0 Å². The molecule has 186 valence electrons. The number of carboxylic acids is 1. The van der Waals surface area contributed by atoms with Crippen LogP contribution in [-0.2, 0) is 22.4 Å². The number of nitrogens with one attached hydrogen (secondary N) is 1. The summed E-state index contributed by atoms with van der Waals surface area (Å²) in [4.78, 5) is 39.8. The maximum Gasteiger partial charge on any atom is 0.335 e. The summed E-state index contributed by atoms with van der Waals surface area (Å²) in [6.45, 7) is 3.83. The Balaban J connectivity index is 1.55. The van der Waals surface area contributed by atoms with E-state index >= 15 is 0 Å². The lowest BCUT2D eigenvalue weighted by molar-refractivity contribution is -0.122. The van der Waals surface area contributed by atoms with Crippen LogP contribution in [0.15, 0.2) is 35.9 Å². The van der Waals surface area contributed by atoms with Crippen LogP contribution in [0.2, 0.25) is 0 Å². The fourth-order valence-electron chi connectivity index (χ4n) is 4.87. The van der Waals surface area contributed by atoms with Crippen molar-refractivity contribution in [1.29, 1.82) is 5.26 Å². The van der Waals surface area contributed by atoms with Crippen molar-refractivity contribution in [1.82, 2.24) is 9.88 Å².